The second kappa shape index (κ2) is 4.23. The van der Waals surface area contributed by atoms with Crippen molar-refractivity contribution in [3.05, 3.63) is 47.6 Å². The molecule has 0 aliphatic heterocycles. The van der Waals surface area contributed by atoms with Gasteiger partial charge in [0.1, 0.15) is 12.1 Å². The second-order valence-electron chi connectivity index (χ2n) is 2.71. The first kappa shape index (κ1) is 9.86. The van der Waals surface area contributed by atoms with Gasteiger partial charge < -0.3 is 4.74 Å². The first-order chi connectivity index (χ1) is 7.25. The van der Waals surface area contributed by atoms with Crippen molar-refractivity contribution in [1.82, 2.24) is 9.97 Å². The molecule has 0 N–H and O–H groups in total. The maximum atomic E-state index is 12.7. The molecule has 0 saturated carbocycles. The Hall–Kier alpha value is -1.68. The van der Waals surface area contributed by atoms with Crippen LogP contribution in [-0.2, 0) is 0 Å². The van der Waals surface area contributed by atoms with Crippen LogP contribution in [0.15, 0.2) is 36.7 Å². The number of halogens is 2. The Morgan fingerprint density at radius 3 is 2.73 bits per heavy atom. The van der Waals surface area contributed by atoms with E-state index in [0.29, 0.717) is 10.8 Å². The van der Waals surface area contributed by atoms with E-state index in [1.54, 1.807) is 24.3 Å². The van der Waals surface area contributed by atoms with Gasteiger partial charge in [0.25, 0.3) is 0 Å². The average Bonchev–Trinajstić information content (AvgIpc) is 2.22. The van der Waals surface area contributed by atoms with Crippen molar-refractivity contribution in [3.63, 3.8) is 0 Å². The van der Waals surface area contributed by atoms with E-state index < -0.39 is 5.95 Å². The highest BCUT2D eigenvalue weighted by Crippen LogP contribution is 2.27. The molecule has 5 heteroatoms. The van der Waals surface area contributed by atoms with Gasteiger partial charge in [-0.2, -0.15) is 4.39 Å². The quantitative estimate of drug-likeness (QED) is 0.736. The number of hydrogen-bond acceptors (Lipinski definition) is 3. The Balaban J connectivity index is 2.26. The molecule has 0 radical (unpaired) electrons. The Bertz CT molecular complexity index is 478. The van der Waals surface area contributed by atoms with Crippen molar-refractivity contribution < 1.29 is 9.13 Å². The van der Waals surface area contributed by atoms with Crippen LogP contribution in [0, 0.1) is 5.95 Å². The number of benzene rings is 1. The van der Waals surface area contributed by atoms with Crippen molar-refractivity contribution in [3.8, 4) is 11.6 Å². The maximum Gasteiger partial charge on any atom is 0.225 e. The van der Waals surface area contributed by atoms with Gasteiger partial charge in [0.05, 0.1) is 11.1 Å². The molecule has 0 amide bonds. The van der Waals surface area contributed by atoms with Crippen LogP contribution in [0.1, 0.15) is 0 Å². The molecule has 0 aliphatic rings. The number of aromatic nitrogens is 2. The summed E-state index contributed by atoms with van der Waals surface area (Å²) in [6, 6.07) is 7.97. The minimum atomic E-state index is -0.646. The van der Waals surface area contributed by atoms with E-state index in [-0.39, 0.29) is 5.88 Å². The number of rotatable bonds is 2. The van der Waals surface area contributed by atoms with Crippen LogP contribution in [0.25, 0.3) is 0 Å². The molecule has 2 rings (SSSR count). The molecule has 0 aliphatic carbocycles. The number of ether oxygens (including phenoxy) is 1. The second-order valence-corrected chi connectivity index (χ2v) is 3.12. The fourth-order valence-corrected chi connectivity index (χ4v) is 1.19. The topological polar surface area (TPSA) is 35.0 Å². The number of para-hydroxylation sites is 1. The Morgan fingerprint density at radius 1 is 1.20 bits per heavy atom. The normalized spacial score (nSPS) is 10.0. The van der Waals surface area contributed by atoms with Gasteiger partial charge in [-0.05, 0) is 12.1 Å². The molecule has 1 heterocycles. The molecule has 0 atom stereocenters. The van der Waals surface area contributed by atoms with Crippen molar-refractivity contribution in [2.75, 3.05) is 0 Å². The summed E-state index contributed by atoms with van der Waals surface area (Å²) in [5, 5.41) is 0.441. The van der Waals surface area contributed by atoms with E-state index >= 15 is 0 Å². The monoisotopic (exact) mass is 224 g/mol. The molecule has 15 heavy (non-hydrogen) atoms. The third-order valence-corrected chi connectivity index (χ3v) is 1.97. The smallest absolute Gasteiger partial charge is 0.225 e. The predicted molar refractivity (Wildman–Crippen MR) is 53.5 cm³/mol. The van der Waals surface area contributed by atoms with Crippen molar-refractivity contribution >= 4 is 11.6 Å². The SMILES string of the molecule is Fc1cc(Oc2ccccc2Cl)ncn1. The zero-order valence-corrected chi connectivity index (χ0v) is 8.28. The van der Waals surface area contributed by atoms with Gasteiger partial charge in [0, 0.05) is 0 Å². The van der Waals surface area contributed by atoms with Crippen LogP contribution in [0.4, 0.5) is 4.39 Å². The zero-order valence-electron chi connectivity index (χ0n) is 7.52. The lowest BCUT2D eigenvalue weighted by Crippen LogP contribution is -1.91. The van der Waals surface area contributed by atoms with Crippen LogP contribution in [0.2, 0.25) is 5.02 Å². The summed E-state index contributed by atoms with van der Waals surface area (Å²) in [6.07, 6.45) is 1.08. The molecular weight excluding hydrogens is 219 g/mol. The van der Waals surface area contributed by atoms with Gasteiger partial charge in [-0.25, -0.2) is 9.97 Å². The number of nitrogens with zero attached hydrogens (tertiary/aromatic N) is 2. The van der Waals surface area contributed by atoms with Gasteiger partial charge in [0.2, 0.25) is 11.8 Å². The Labute approximate surface area is 90.5 Å². The van der Waals surface area contributed by atoms with Crippen molar-refractivity contribution in [1.29, 1.82) is 0 Å². The standard InChI is InChI=1S/C10H6ClFN2O/c11-7-3-1-2-4-8(7)15-10-5-9(12)13-6-14-10/h1-6H. The summed E-state index contributed by atoms with van der Waals surface area (Å²) in [6.45, 7) is 0. The molecular formula is C10H6ClFN2O. The molecule has 2 aromatic rings. The third kappa shape index (κ3) is 2.41. The van der Waals surface area contributed by atoms with Gasteiger partial charge in [-0.15, -0.1) is 0 Å². The fourth-order valence-electron chi connectivity index (χ4n) is 1.01. The summed E-state index contributed by atoms with van der Waals surface area (Å²) < 4.78 is 18.0. The van der Waals surface area contributed by atoms with E-state index in [0.717, 1.165) is 12.4 Å². The van der Waals surface area contributed by atoms with E-state index in [4.69, 9.17) is 16.3 Å². The average molecular weight is 225 g/mol. The first-order valence-electron chi connectivity index (χ1n) is 4.15. The summed E-state index contributed by atoms with van der Waals surface area (Å²) in [4.78, 5) is 7.06. The fraction of sp³-hybridized carbons (Fsp3) is 0. The molecule has 0 spiro atoms. The lowest BCUT2D eigenvalue weighted by atomic mass is 10.3. The Kier molecular flexibility index (Phi) is 2.78. The molecule has 1 aromatic heterocycles. The van der Waals surface area contributed by atoms with E-state index in [2.05, 4.69) is 9.97 Å². The van der Waals surface area contributed by atoms with Gasteiger partial charge in [-0.3, -0.25) is 0 Å². The van der Waals surface area contributed by atoms with Crippen LogP contribution in [-0.4, -0.2) is 9.97 Å². The number of hydrogen-bond donors (Lipinski definition) is 0. The molecule has 3 nitrogen and oxygen atoms in total. The molecule has 76 valence electrons. The molecule has 0 fully saturated rings. The van der Waals surface area contributed by atoms with Crippen LogP contribution in [0.5, 0.6) is 11.6 Å². The highest BCUT2D eigenvalue weighted by Gasteiger charge is 2.03. The lowest BCUT2D eigenvalue weighted by molar-refractivity contribution is 0.451. The first-order valence-corrected chi connectivity index (χ1v) is 4.53. The van der Waals surface area contributed by atoms with E-state index in [1.165, 1.54) is 0 Å². The molecule has 0 bridgehead atoms. The lowest BCUT2D eigenvalue weighted by Gasteiger charge is -2.05. The van der Waals surface area contributed by atoms with E-state index in [9.17, 15) is 4.39 Å². The molecule has 1 aromatic carbocycles. The van der Waals surface area contributed by atoms with Crippen LogP contribution in [0.3, 0.4) is 0 Å². The van der Waals surface area contributed by atoms with Gasteiger partial charge >= 0.3 is 0 Å². The summed E-state index contributed by atoms with van der Waals surface area (Å²) in [5.41, 5.74) is 0. The largest absolute Gasteiger partial charge is 0.437 e. The van der Waals surface area contributed by atoms with Crippen molar-refractivity contribution in [2.45, 2.75) is 0 Å². The van der Waals surface area contributed by atoms with Crippen molar-refractivity contribution in [2.24, 2.45) is 0 Å². The van der Waals surface area contributed by atoms with Gasteiger partial charge in [-0.1, -0.05) is 23.7 Å². The summed E-state index contributed by atoms with van der Waals surface area (Å²) in [5.74, 6) is -0.0973. The minimum Gasteiger partial charge on any atom is -0.437 e. The minimum absolute atomic E-state index is 0.121. The highest BCUT2D eigenvalue weighted by atomic mass is 35.5. The summed E-state index contributed by atoms with van der Waals surface area (Å²) >= 11 is 5.85. The molecule has 0 unspecified atom stereocenters. The zero-order chi connectivity index (χ0) is 10.7. The van der Waals surface area contributed by atoms with E-state index in [1.807, 2.05) is 0 Å². The Morgan fingerprint density at radius 2 is 2.00 bits per heavy atom. The maximum absolute atomic E-state index is 12.7. The van der Waals surface area contributed by atoms with Crippen LogP contribution < -0.4 is 4.74 Å². The summed E-state index contributed by atoms with van der Waals surface area (Å²) in [7, 11) is 0. The molecule has 0 saturated heterocycles. The third-order valence-electron chi connectivity index (χ3n) is 1.66. The van der Waals surface area contributed by atoms with Crippen LogP contribution >= 0.6 is 11.6 Å². The predicted octanol–water partition coefficient (Wildman–Crippen LogP) is 3.06. The highest BCUT2D eigenvalue weighted by molar-refractivity contribution is 6.32. The van der Waals surface area contributed by atoms with Gasteiger partial charge in [0.15, 0.2) is 0 Å².